The Morgan fingerprint density at radius 3 is 2.48 bits per heavy atom. The van der Waals surface area contributed by atoms with Crippen LogP contribution in [0.1, 0.15) is 18.4 Å². The number of benzene rings is 2. The first-order valence-corrected chi connectivity index (χ1v) is 8.43. The fraction of sp³-hybridized carbons (Fsp3) is 0.368. The zero-order valence-corrected chi connectivity index (χ0v) is 13.3. The molecule has 0 spiro atoms. The maximum atomic E-state index is 4.30. The molecule has 1 aliphatic rings. The number of hydrogen-bond donors (Lipinski definition) is 0. The highest BCUT2D eigenvalue weighted by molar-refractivity contribution is 5.73. The van der Waals surface area contributed by atoms with Crippen molar-refractivity contribution in [1.82, 2.24) is 19.9 Å². The van der Waals surface area contributed by atoms with Crippen molar-refractivity contribution in [2.75, 3.05) is 13.1 Å². The summed E-state index contributed by atoms with van der Waals surface area (Å²) in [5, 5.41) is 8.54. The van der Waals surface area contributed by atoms with E-state index in [0.717, 1.165) is 36.7 Å². The Balaban J connectivity index is 1.35. The first kappa shape index (κ1) is 14.4. The Labute approximate surface area is 136 Å². The fourth-order valence-corrected chi connectivity index (χ4v) is 3.49. The van der Waals surface area contributed by atoms with Crippen LogP contribution in [0.25, 0.3) is 11.0 Å². The summed E-state index contributed by atoms with van der Waals surface area (Å²) in [5.74, 6) is 0.807. The van der Waals surface area contributed by atoms with Gasteiger partial charge < -0.3 is 0 Å². The van der Waals surface area contributed by atoms with Crippen molar-refractivity contribution < 1.29 is 0 Å². The second-order valence-corrected chi connectivity index (χ2v) is 6.47. The summed E-state index contributed by atoms with van der Waals surface area (Å²) in [5.41, 5.74) is 3.57. The number of hydrogen-bond acceptors (Lipinski definition) is 3. The van der Waals surface area contributed by atoms with Gasteiger partial charge in [-0.3, -0.25) is 4.90 Å². The lowest BCUT2D eigenvalue weighted by molar-refractivity contribution is 0.142. The van der Waals surface area contributed by atoms with Crippen LogP contribution in [0.2, 0.25) is 0 Å². The molecule has 4 heteroatoms. The van der Waals surface area contributed by atoms with Gasteiger partial charge in [0.1, 0.15) is 5.52 Å². The first-order chi connectivity index (χ1) is 11.4. The van der Waals surface area contributed by atoms with Gasteiger partial charge in [-0.1, -0.05) is 47.7 Å². The maximum Gasteiger partial charge on any atom is 0.113 e. The lowest BCUT2D eigenvalue weighted by Gasteiger charge is -2.31. The number of piperidine rings is 1. The van der Waals surface area contributed by atoms with E-state index in [1.807, 2.05) is 22.9 Å². The molecule has 1 fully saturated rings. The predicted molar refractivity (Wildman–Crippen MR) is 92.0 cm³/mol. The van der Waals surface area contributed by atoms with E-state index in [9.17, 15) is 0 Å². The van der Waals surface area contributed by atoms with Gasteiger partial charge in [-0.25, -0.2) is 4.68 Å². The normalized spacial score (nSPS) is 16.9. The highest BCUT2D eigenvalue weighted by atomic mass is 15.5. The SMILES string of the molecule is c1ccc(CC2CCN(Cn3nnc4ccccc43)CC2)cc1. The van der Waals surface area contributed by atoms with E-state index in [-0.39, 0.29) is 0 Å². The molecule has 3 aromatic rings. The molecule has 118 valence electrons. The lowest BCUT2D eigenvalue weighted by atomic mass is 9.90. The second kappa shape index (κ2) is 6.50. The lowest BCUT2D eigenvalue weighted by Crippen LogP contribution is -2.36. The van der Waals surface area contributed by atoms with Crippen LogP contribution in [0.15, 0.2) is 54.6 Å². The number of nitrogens with zero attached hydrogens (tertiary/aromatic N) is 4. The van der Waals surface area contributed by atoms with Gasteiger partial charge in [0.25, 0.3) is 0 Å². The average Bonchev–Trinajstić information content (AvgIpc) is 3.01. The first-order valence-electron chi connectivity index (χ1n) is 8.43. The molecule has 0 atom stereocenters. The average molecular weight is 306 g/mol. The molecule has 1 saturated heterocycles. The highest BCUT2D eigenvalue weighted by Gasteiger charge is 2.20. The highest BCUT2D eigenvalue weighted by Crippen LogP contribution is 2.22. The molecule has 0 saturated carbocycles. The minimum atomic E-state index is 0.807. The molecule has 4 rings (SSSR count). The molecule has 23 heavy (non-hydrogen) atoms. The van der Waals surface area contributed by atoms with Gasteiger partial charge in [0.15, 0.2) is 0 Å². The van der Waals surface area contributed by atoms with Crippen LogP contribution in [0, 0.1) is 5.92 Å². The molecule has 2 aromatic carbocycles. The van der Waals surface area contributed by atoms with Crippen molar-refractivity contribution in [2.24, 2.45) is 5.92 Å². The molecule has 0 bridgehead atoms. The van der Waals surface area contributed by atoms with Gasteiger partial charge in [0, 0.05) is 13.1 Å². The summed E-state index contributed by atoms with van der Waals surface area (Å²) in [4.78, 5) is 2.49. The van der Waals surface area contributed by atoms with Crippen molar-refractivity contribution in [3.8, 4) is 0 Å². The second-order valence-electron chi connectivity index (χ2n) is 6.47. The minimum Gasteiger partial charge on any atom is -0.284 e. The zero-order valence-electron chi connectivity index (χ0n) is 13.3. The van der Waals surface area contributed by atoms with Crippen molar-refractivity contribution in [3.63, 3.8) is 0 Å². The summed E-state index contributed by atoms with van der Waals surface area (Å²) >= 11 is 0. The number of rotatable bonds is 4. The Kier molecular flexibility index (Phi) is 4.07. The van der Waals surface area contributed by atoms with Crippen LogP contribution < -0.4 is 0 Å². The number of fused-ring (bicyclic) bond motifs is 1. The van der Waals surface area contributed by atoms with E-state index in [2.05, 4.69) is 51.6 Å². The number of likely N-dealkylation sites (tertiary alicyclic amines) is 1. The third-order valence-electron chi connectivity index (χ3n) is 4.83. The van der Waals surface area contributed by atoms with Crippen LogP contribution in [0.3, 0.4) is 0 Å². The topological polar surface area (TPSA) is 34.0 Å². The summed E-state index contributed by atoms with van der Waals surface area (Å²) in [7, 11) is 0. The molecule has 2 heterocycles. The van der Waals surface area contributed by atoms with Crippen LogP contribution in [-0.2, 0) is 13.1 Å². The van der Waals surface area contributed by atoms with E-state index < -0.39 is 0 Å². The van der Waals surface area contributed by atoms with Crippen molar-refractivity contribution in [2.45, 2.75) is 25.9 Å². The largest absolute Gasteiger partial charge is 0.284 e. The van der Waals surface area contributed by atoms with Gasteiger partial charge in [-0.05, 0) is 42.9 Å². The smallest absolute Gasteiger partial charge is 0.113 e. The standard InChI is InChI=1S/C19H22N4/c1-2-6-16(7-3-1)14-17-10-12-22(13-11-17)15-23-19-9-5-4-8-18(19)20-21-23/h1-9,17H,10-15H2. The Morgan fingerprint density at radius 2 is 1.65 bits per heavy atom. The number of aromatic nitrogens is 3. The van der Waals surface area contributed by atoms with Gasteiger partial charge in [0.05, 0.1) is 12.2 Å². The van der Waals surface area contributed by atoms with Crippen molar-refractivity contribution in [1.29, 1.82) is 0 Å². The summed E-state index contributed by atoms with van der Waals surface area (Å²) < 4.78 is 2.02. The molecule has 0 unspecified atom stereocenters. The van der Waals surface area contributed by atoms with Crippen molar-refractivity contribution in [3.05, 3.63) is 60.2 Å². The van der Waals surface area contributed by atoms with E-state index in [1.54, 1.807) is 0 Å². The Morgan fingerprint density at radius 1 is 0.913 bits per heavy atom. The van der Waals surface area contributed by atoms with Gasteiger partial charge in [-0.2, -0.15) is 0 Å². The van der Waals surface area contributed by atoms with Crippen LogP contribution in [0.4, 0.5) is 0 Å². The summed E-state index contributed by atoms with van der Waals surface area (Å²) in [6.07, 6.45) is 3.74. The molecule has 1 aromatic heterocycles. The van der Waals surface area contributed by atoms with Crippen LogP contribution in [0.5, 0.6) is 0 Å². The molecular weight excluding hydrogens is 284 g/mol. The van der Waals surface area contributed by atoms with E-state index in [0.29, 0.717) is 0 Å². The molecule has 0 amide bonds. The third kappa shape index (κ3) is 3.27. The Hall–Kier alpha value is -2.20. The van der Waals surface area contributed by atoms with Gasteiger partial charge >= 0.3 is 0 Å². The van der Waals surface area contributed by atoms with E-state index >= 15 is 0 Å². The molecule has 1 aliphatic heterocycles. The van der Waals surface area contributed by atoms with Crippen LogP contribution >= 0.6 is 0 Å². The maximum absolute atomic E-state index is 4.30. The van der Waals surface area contributed by atoms with Gasteiger partial charge in [0.2, 0.25) is 0 Å². The van der Waals surface area contributed by atoms with E-state index in [1.165, 1.54) is 24.8 Å². The zero-order chi connectivity index (χ0) is 15.5. The molecule has 4 nitrogen and oxygen atoms in total. The van der Waals surface area contributed by atoms with E-state index in [4.69, 9.17) is 0 Å². The Bertz CT molecular complexity index is 757. The monoisotopic (exact) mass is 306 g/mol. The molecule has 0 radical (unpaired) electrons. The van der Waals surface area contributed by atoms with Gasteiger partial charge in [-0.15, -0.1) is 5.10 Å². The summed E-state index contributed by atoms with van der Waals surface area (Å²) in [6, 6.07) is 19.0. The third-order valence-corrected chi connectivity index (χ3v) is 4.83. The van der Waals surface area contributed by atoms with Crippen LogP contribution in [-0.4, -0.2) is 33.0 Å². The predicted octanol–water partition coefficient (Wildman–Crippen LogP) is 3.34. The summed E-state index contributed by atoms with van der Waals surface area (Å²) in [6.45, 7) is 3.13. The number of para-hydroxylation sites is 1. The van der Waals surface area contributed by atoms with Crippen molar-refractivity contribution >= 4 is 11.0 Å². The molecule has 0 aliphatic carbocycles. The molecule has 0 N–H and O–H groups in total. The fourth-order valence-electron chi connectivity index (χ4n) is 3.49. The quantitative estimate of drug-likeness (QED) is 0.741. The minimum absolute atomic E-state index is 0.807. The molecular formula is C19H22N4.